The maximum absolute atomic E-state index is 12.5. The second-order valence-electron chi connectivity index (χ2n) is 5.09. The van der Waals surface area contributed by atoms with E-state index in [2.05, 4.69) is 21.0 Å². The number of Topliss-reactive ketones (excluding diaryl/α,β-unsaturated/α-hetero) is 1. The van der Waals surface area contributed by atoms with Crippen molar-refractivity contribution >= 4 is 21.7 Å². The first-order valence-corrected chi connectivity index (χ1v) is 6.92. The molecule has 0 N–H and O–H groups in total. The van der Waals surface area contributed by atoms with Gasteiger partial charge in [-0.15, -0.1) is 0 Å². The van der Waals surface area contributed by atoms with Crippen molar-refractivity contribution in [3.8, 4) is 0 Å². The summed E-state index contributed by atoms with van der Waals surface area (Å²) in [7, 11) is 5.77. The summed E-state index contributed by atoms with van der Waals surface area (Å²) in [6.45, 7) is 5.97. The molecule has 0 radical (unpaired) electrons. The minimum atomic E-state index is -0.419. The van der Waals surface area contributed by atoms with Crippen LogP contribution in [0.4, 0.5) is 0 Å². The summed E-state index contributed by atoms with van der Waals surface area (Å²) in [4.78, 5) is 14.5. The number of halogens is 1. The average Bonchev–Trinajstić information content (AvgIpc) is 2.54. The maximum Gasteiger partial charge on any atom is 0.158 e. The number of nitrogens with zero attached hydrogens (tertiary/aromatic N) is 3. The molecule has 18 heavy (non-hydrogen) atoms. The van der Waals surface area contributed by atoms with E-state index in [-0.39, 0.29) is 5.78 Å². The zero-order valence-electron chi connectivity index (χ0n) is 12.0. The van der Waals surface area contributed by atoms with Gasteiger partial charge >= 0.3 is 0 Å². The van der Waals surface area contributed by atoms with Gasteiger partial charge in [0, 0.05) is 7.05 Å². The van der Waals surface area contributed by atoms with Gasteiger partial charge in [0.15, 0.2) is 5.78 Å². The van der Waals surface area contributed by atoms with Gasteiger partial charge in [0.25, 0.3) is 0 Å². The molecule has 0 aliphatic carbocycles. The normalized spacial score (nSPS) is 14.9. The number of likely N-dealkylation sites (N-methyl/N-ethyl adjacent to an activating group) is 1. The monoisotopic (exact) mass is 315 g/mol. The Morgan fingerprint density at radius 3 is 2.39 bits per heavy atom. The van der Waals surface area contributed by atoms with Gasteiger partial charge in [-0.05, 0) is 50.3 Å². The molecule has 1 rings (SSSR count). The number of carbonyl (C=O) groups excluding carboxylic acids is 1. The smallest absolute Gasteiger partial charge is 0.158 e. The minimum Gasteiger partial charge on any atom is -0.297 e. The van der Waals surface area contributed by atoms with Crippen molar-refractivity contribution in [2.75, 3.05) is 14.1 Å². The summed E-state index contributed by atoms with van der Waals surface area (Å²) < 4.78 is 2.72. The number of rotatable bonds is 5. The van der Waals surface area contributed by atoms with Gasteiger partial charge in [0.1, 0.15) is 0 Å². The summed E-state index contributed by atoms with van der Waals surface area (Å²) in [5.74, 6) is 0.221. The Kier molecular flexibility index (Phi) is 4.72. The summed E-state index contributed by atoms with van der Waals surface area (Å²) in [5, 5.41) is 4.32. The van der Waals surface area contributed by atoms with E-state index in [9.17, 15) is 4.79 Å². The van der Waals surface area contributed by atoms with Crippen LogP contribution < -0.4 is 0 Å². The fourth-order valence-corrected chi connectivity index (χ4v) is 2.45. The van der Waals surface area contributed by atoms with Gasteiger partial charge in [-0.1, -0.05) is 6.92 Å². The molecule has 0 aliphatic rings. The quantitative estimate of drug-likeness (QED) is 0.837. The molecule has 0 saturated heterocycles. The van der Waals surface area contributed by atoms with E-state index in [4.69, 9.17) is 0 Å². The third-order valence-electron chi connectivity index (χ3n) is 3.87. The van der Waals surface area contributed by atoms with Crippen LogP contribution in [0.3, 0.4) is 0 Å². The third-order valence-corrected chi connectivity index (χ3v) is 4.90. The molecule has 0 aliphatic heterocycles. The second kappa shape index (κ2) is 5.53. The average molecular weight is 316 g/mol. The molecule has 0 fully saturated rings. The first kappa shape index (κ1) is 15.4. The number of hydrogen-bond donors (Lipinski definition) is 0. The first-order valence-electron chi connectivity index (χ1n) is 6.12. The Hall–Kier alpha value is -0.680. The molecular formula is C13H22BrN3O. The number of carbonyl (C=O) groups is 1. The SMILES string of the molecule is CCC(C)(C(=O)Cc1c(Br)c(C)nn1C)N(C)C. The van der Waals surface area contributed by atoms with Crippen LogP contribution in [0.2, 0.25) is 0 Å². The van der Waals surface area contributed by atoms with Gasteiger partial charge in [-0.3, -0.25) is 14.4 Å². The van der Waals surface area contributed by atoms with Crippen molar-refractivity contribution in [1.29, 1.82) is 0 Å². The molecule has 102 valence electrons. The zero-order valence-corrected chi connectivity index (χ0v) is 13.6. The van der Waals surface area contributed by atoms with Crippen molar-refractivity contribution in [3.05, 3.63) is 15.9 Å². The predicted octanol–water partition coefficient (Wildman–Crippen LogP) is 2.33. The van der Waals surface area contributed by atoms with Crippen molar-refractivity contribution < 1.29 is 4.79 Å². The molecule has 1 aromatic rings. The molecule has 0 bridgehead atoms. The number of aryl methyl sites for hydroxylation is 2. The van der Waals surface area contributed by atoms with E-state index in [0.29, 0.717) is 6.42 Å². The van der Waals surface area contributed by atoms with Crippen LogP contribution in [0.25, 0.3) is 0 Å². The van der Waals surface area contributed by atoms with Crippen LogP contribution in [0.5, 0.6) is 0 Å². The number of ketones is 1. The maximum atomic E-state index is 12.5. The standard InChI is InChI=1S/C13H22BrN3O/c1-7-13(3,16(4)5)11(18)8-10-12(14)9(2)15-17(10)6/h7-8H2,1-6H3. The molecule has 0 aromatic carbocycles. The van der Waals surface area contributed by atoms with Gasteiger partial charge < -0.3 is 0 Å². The Morgan fingerprint density at radius 1 is 1.50 bits per heavy atom. The Balaban J connectivity index is 3.01. The highest BCUT2D eigenvalue weighted by Gasteiger charge is 2.34. The van der Waals surface area contributed by atoms with Crippen molar-refractivity contribution in [1.82, 2.24) is 14.7 Å². The summed E-state index contributed by atoms with van der Waals surface area (Å²) >= 11 is 3.51. The molecule has 1 unspecified atom stereocenters. The lowest BCUT2D eigenvalue weighted by Crippen LogP contribution is -2.48. The first-order chi connectivity index (χ1) is 8.24. The molecule has 0 amide bonds. The summed E-state index contributed by atoms with van der Waals surface area (Å²) in [5.41, 5.74) is 1.44. The van der Waals surface area contributed by atoms with E-state index in [0.717, 1.165) is 22.3 Å². The molecule has 1 atom stereocenters. The molecule has 0 saturated carbocycles. The van der Waals surface area contributed by atoms with E-state index in [1.54, 1.807) is 4.68 Å². The molecule has 4 nitrogen and oxygen atoms in total. The van der Waals surface area contributed by atoms with Crippen molar-refractivity contribution in [2.24, 2.45) is 7.05 Å². The minimum absolute atomic E-state index is 0.221. The zero-order chi connectivity index (χ0) is 14.1. The Labute approximate surface area is 117 Å². The largest absolute Gasteiger partial charge is 0.297 e. The van der Waals surface area contributed by atoms with Crippen LogP contribution in [0.1, 0.15) is 31.7 Å². The van der Waals surface area contributed by atoms with E-state index < -0.39 is 5.54 Å². The van der Waals surface area contributed by atoms with Crippen LogP contribution >= 0.6 is 15.9 Å². The summed E-state index contributed by atoms with van der Waals surface area (Å²) in [6, 6.07) is 0. The topological polar surface area (TPSA) is 38.1 Å². The van der Waals surface area contributed by atoms with Crippen LogP contribution in [-0.2, 0) is 18.3 Å². The van der Waals surface area contributed by atoms with E-state index in [1.807, 2.05) is 46.8 Å². The van der Waals surface area contributed by atoms with E-state index >= 15 is 0 Å². The van der Waals surface area contributed by atoms with Gasteiger partial charge in [-0.2, -0.15) is 5.10 Å². The second-order valence-corrected chi connectivity index (χ2v) is 5.88. The van der Waals surface area contributed by atoms with Crippen molar-refractivity contribution in [3.63, 3.8) is 0 Å². The van der Waals surface area contributed by atoms with Gasteiger partial charge in [0.2, 0.25) is 0 Å². The van der Waals surface area contributed by atoms with Crippen LogP contribution in [-0.4, -0.2) is 40.1 Å². The summed E-state index contributed by atoms with van der Waals surface area (Å²) in [6.07, 6.45) is 1.20. The van der Waals surface area contributed by atoms with Gasteiger partial charge in [-0.25, -0.2) is 0 Å². The molecule has 0 spiro atoms. The Morgan fingerprint density at radius 2 is 2.06 bits per heavy atom. The highest BCUT2D eigenvalue weighted by Crippen LogP contribution is 2.25. The van der Waals surface area contributed by atoms with Gasteiger partial charge in [0.05, 0.1) is 27.8 Å². The predicted molar refractivity (Wildman–Crippen MR) is 76.7 cm³/mol. The van der Waals surface area contributed by atoms with Crippen LogP contribution in [0, 0.1) is 6.92 Å². The van der Waals surface area contributed by atoms with E-state index in [1.165, 1.54) is 0 Å². The highest BCUT2D eigenvalue weighted by atomic mass is 79.9. The number of hydrogen-bond acceptors (Lipinski definition) is 3. The molecule has 1 aromatic heterocycles. The lowest BCUT2D eigenvalue weighted by atomic mass is 9.89. The molecule has 5 heteroatoms. The fourth-order valence-electron chi connectivity index (χ4n) is 1.98. The molecular weight excluding hydrogens is 294 g/mol. The Bertz CT molecular complexity index is 453. The highest BCUT2D eigenvalue weighted by molar-refractivity contribution is 9.10. The fraction of sp³-hybridized carbons (Fsp3) is 0.692. The lowest BCUT2D eigenvalue weighted by Gasteiger charge is -2.34. The van der Waals surface area contributed by atoms with Crippen molar-refractivity contribution in [2.45, 2.75) is 39.2 Å². The molecule has 1 heterocycles. The lowest BCUT2D eigenvalue weighted by molar-refractivity contribution is -0.128. The number of aromatic nitrogens is 2. The third kappa shape index (κ3) is 2.67. The van der Waals surface area contributed by atoms with Crippen LogP contribution in [0.15, 0.2) is 4.47 Å².